The van der Waals surface area contributed by atoms with E-state index in [0.717, 1.165) is 0 Å². The van der Waals surface area contributed by atoms with Crippen LogP contribution in [-0.4, -0.2) is 51.9 Å². The van der Waals surface area contributed by atoms with E-state index in [4.69, 9.17) is 5.73 Å². The van der Waals surface area contributed by atoms with Crippen LogP contribution in [0.5, 0.6) is 0 Å². The van der Waals surface area contributed by atoms with E-state index >= 15 is 0 Å². The van der Waals surface area contributed by atoms with E-state index < -0.39 is 17.7 Å². The van der Waals surface area contributed by atoms with Crippen LogP contribution in [0.2, 0.25) is 0 Å². The largest absolute Gasteiger partial charge is 0.394 e. The lowest BCUT2D eigenvalue weighted by molar-refractivity contribution is -0.137. The number of hydrogen-bond acceptors (Lipinski definition) is 4. The molecular formula is C9H18N2O3. The number of carbonyl (C=O) groups is 1. The van der Waals surface area contributed by atoms with Crippen LogP contribution in [0.3, 0.4) is 0 Å². The number of hydrogen-bond donors (Lipinski definition) is 3. The molecule has 0 saturated carbocycles. The fourth-order valence-electron chi connectivity index (χ4n) is 1.87. The minimum atomic E-state index is -0.663. The molecule has 0 radical (unpaired) electrons. The molecule has 14 heavy (non-hydrogen) atoms. The number of β-amino-alcohol motifs (C(OH)–C–C–N with tert-alkyl or cyclic N) is 1. The van der Waals surface area contributed by atoms with E-state index in [1.165, 1.54) is 4.90 Å². The van der Waals surface area contributed by atoms with Crippen LogP contribution in [0, 0.1) is 0 Å². The van der Waals surface area contributed by atoms with E-state index in [2.05, 4.69) is 0 Å². The first-order valence-corrected chi connectivity index (χ1v) is 4.76. The highest BCUT2D eigenvalue weighted by molar-refractivity contribution is 5.82. The van der Waals surface area contributed by atoms with Gasteiger partial charge in [-0.3, -0.25) is 4.79 Å². The standard InChI is InChI=1S/C9H18N2O3/c1-6(10)8(14)11-4-7(13)3-9(11,2)5-12/h6-7,12-13H,3-5,10H2,1-2H3/t6-,7?,9?/m1/s1. The second kappa shape index (κ2) is 3.84. The van der Waals surface area contributed by atoms with Crippen LogP contribution in [0.25, 0.3) is 0 Å². The third-order valence-electron chi connectivity index (χ3n) is 2.72. The first-order valence-electron chi connectivity index (χ1n) is 4.76. The predicted molar refractivity (Wildman–Crippen MR) is 51.5 cm³/mol. The molecule has 0 aromatic heterocycles. The van der Waals surface area contributed by atoms with Crippen molar-refractivity contribution in [3.8, 4) is 0 Å². The maximum Gasteiger partial charge on any atom is 0.239 e. The van der Waals surface area contributed by atoms with E-state index in [-0.39, 0.29) is 19.1 Å². The molecule has 1 heterocycles. The monoisotopic (exact) mass is 202 g/mol. The van der Waals surface area contributed by atoms with Gasteiger partial charge < -0.3 is 20.8 Å². The summed E-state index contributed by atoms with van der Waals surface area (Å²) in [6.45, 7) is 3.47. The average molecular weight is 202 g/mol. The maximum atomic E-state index is 11.6. The van der Waals surface area contributed by atoms with Crippen LogP contribution in [-0.2, 0) is 4.79 Å². The molecule has 2 unspecified atom stereocenters. The highest BCUT2D eigenvalue weighted by atomic mass is 16.3. The number of nitrogens with zero attached hydrogens (tertiary/aromatic N) is 1. The molecule has 0 bridgehead atoms. The van der Waals surface area contributed by atoms with Gasteiger partial charge in [-0.2, -0.15) is 0 Å². The van der Waals surface area contributed by atoms with Crippen molar-refractivity contribution in [2.24, 2.45) is 5.73 Å². The zero-order chi connectivity index (χ0) is 10.9. The minimum Gasteiger partial charge on any atom is -0.394 e. The molecule has 0 aromatic carbocycles. The summed E-state index contributed by atoms with van der Waals surface area (Å²) >= 11 is 0. The molecule has 5 nitrogen and oxygen atoms in total. The Hall–Kier alpha value is -0.650. The number of likely N-dealkylation sites (tertiary alicyclic amines) is 1. The van der Waals surface area contributed by atoms with E-state index in [0.29, 0.717) is 6.42 Å². The van der Waals surface area contributed by atoms with Gasteiger partial charge in [0.1, 0.15) is 0 Å². The second-order valence-corrected chi connectivity index (χ2v) is 4.25. The zero-order valence-electron chi connectivity index (χ0n) is 8.60. The molecule has 1 aliphatic rings. The molecule has 1 aliphatic heterocycles. The summed E-state index contributed by atoms with van der Waals surface area (Å²) in [4.78, 5) is 13.1. The summed E-state index contributed by atoms with van der Waals surface area (Å²) in [5.74, 6) is -0.224. The zero-order valence-corrected chi connectivity index (χ0v) is 8.60. The quantitative estimate of drug-likeness (QED) is 0.518. The fraction of sp³-hybridized carbons (Fsp3) is 0.889. The van der Waals surface area contributed by atoms with Crippen molar-refractivity contribution in [1.29, 1.82) is 0 Å². The predicted octanol–water partition coefficient (Wildman–Crippen LogP) is -1.32. The summed E-state index contributed by atoms with van der Waals surface area (Å²) in [6.07, 6.45) is -0.156. The van der Waals surface area contributed by atoms with Crippen molar-refractivity contribution in [2.45, 2.75) is 38.0 Å². The van der Waals surface area contributed by atoms with Crippen LogP contribution in [0.4, 0.5) is 0 Å². The molecular weight excluding hydrogens is 184 g/mol. The summed E-state index contributed by atoms with van der Waals surface area (Å²) in [5.41, 5.74) is 4.82. The molecule has 5 heteroatoms. The molecule has 82 valence electrons. The highest BCUT2D eigenvalue weighted by Gasteiger charge is 2.44. The number of carbonyl (C=O) groups excluding carboxylic acids is 1. The van der Waals surface area contributed by atoms with Gasteiger partial charge in [-0.1, -0.05) is 0 Å². The Balaban J connectivity index is 2.82. The molecule has 3 atom stereocenters. The van der Waals surface area contributed by atoms with Crippen molar-refractivity contribution in [1.82, 2.24) is 4.90 Å². The summed E-state index contributed by atoms with van der Waals surface area (Å²) in [5, 5.41) is 18.6. The van der Waals surface area contributed by atoms with Gasteiger partial charge in [-0.15, -0.1) is 0 Å². The van der Waals surface area contributed by atoms with Crippen molar-refractivity contribution < 1.29 is 15.0 Å². The highest BCUT2D eigenvalue weighted by Crippen LogP contribution is 2.29. The van der Waals surface area contributed by atoms with Gasteiger partial charge in [0.05, 0.1) is 24.3 Å². The van der Waals surface area contributed by atoms with Gasteiger partial charge in [0.25, 0.3) is 0 Å². The smallest absolute Gasteiger partial charge is 0.239 e. The maximum absolute atomic E-state index is 11.6. The van der Waals surface area contributed by atoms with Gasteiger partial charge >= 0.3 is 0 Å². The van der Waals surface area contributed by atoms with Crippen molar-refractivity contribution in [2.75, 3.05) is 13.2 Å². The SMILES string of the molecule is C[C@@H](N)C(=O)N1CC(O)CC1(C)CO. The number of aliphatic hydroxyl groups is 2. The van der Waals surface area contributed by atoms with Crippen LogP contribution >= 0.6 is 0 Å². The first-order chi connectivity index (χ1) is 6.40. The van der Waals surface area contributed by atoms with Gasteiger partial charge in [0.15, 0.2) is 0 Å². The molecule has 1 saturated heterocycles. The lowest BCUT2D eigenvalue weighted by Gasteiger charge is -2.34. The van der Waals surface area contributed by atoms with E-state index in [1.54, 1.807) is 13.8 Å². The minimum absolute atomic E-state index is 0.150. The molecule has 4 N–H and O–H groups in total. The number of rotatable bonds is 2. The Kier molecular flexibility index (Phi) is 3.14. The molecule has 1 rings (SSSR count). The third-order valence-corrected chi connectivity index (χ3v) is 2.72. The summed E-state index contributed by atoms with van der Waals surface area (Å²) in [7, 11) is 0. The van der Waals surface area contributed by atoms with E-state index in [9.17, 15) is 15.0 Å². The normalized spacial score (nSPS) is 34.6. The van der Waals surface area contributed by atoms with E-state index in [1.807, 2.05) is 0 Å². The summed E-state index contributed by atoms with van der Waals surface area (Å²) < 4.78 is 0. The fourth-order valence-corrected chi connectivity index (χ4v) is 1.87. The lowest BCUT2D eigenvalue weighted by atomic mass is 9.99. The molecule has 0 aromatic rings. The van der Waals surface area contributed by atoms with Gasteiger partial charge in [0.2, 0.25) is 5.91 Å². The molecule has 1 fully saturated rings. The number of amides is 1. The molecule has 0 spiro atoms. The second-order valence-electron chi connectivity index (χ2n) is 4.25. The Labute approximate surface area is 83.5 Å². The Morgan fingerprint density at radius 1 is 1.79 bits per heavy atom. The molecule has 1 amide bonds. The average Bonchev–Trinajstić information content (AvgIpc) is 2.41. The van der Waals surface area contributed by atoms with Crippen molar-refractivity contribution in [3.05, 3.63) is 0 Å². The van der Waals surface area contributed by atoms with Crippen molar-refractivity contribution in [3.63, 3.8) is 0 Å². The van der Waals surface area contributed by atoms with Gasteiger partial charge in [-0.05, 0) is 13.8 Å². The number of aliphatic hydroxyl groups excluding tert-OH is 2. The third kappa shape index (κ3) is 1.89. The summed E-state index contributed by atoms with van der Waals surface area (Å²) in [6, 6.07) is -0.592. The Morgan fingerprint density at radius 2 is 2.36 bits per heavy atom. The van der Waals surface area contributed by atoms with Crippen LogP contribution in [0.15, 0.2) is 0 Å². The Morgan fingerprint density at radius 3 is 2.79 bits per heavy atom. The van der Waals surface area contributed by atoms with Gasteiger partial charge in [-0.25, -0.2) is 0 Å². The van der Waals surface area contributed by atoms with Crippen LogP contribution < -0.4 is 5.73 Å². The lowest BCUT2D eigenvalue weighted by Crippen LogP contribution is -2.52. The first kappa shape index (κ1) is 11.4. The van der Waals surface area contributed by atoms with Gasteiger partial charge in [0, 0.05) is 13.0 Å². The topological polar surface area (TPSA) is 86.8 Å². The number of nitrogens with two attached hydrogens (primary N) is 1. The Bertz CT molecular complexity index is 232. The van der Waals surface area contributed by atoms with Crippen molar-refractivity contribution >= 4 is 5.91 Å². The molecule has 0 aliphatic carbocycles. The van der Waals surface area contributed by atoms with Crippen LogP contribution in [0.1, 0.15) is 20.3 Å².